The van der Waals surface area contributed by atoms with Crippen LogP contribution < -0.4 is 5.32 Å². The van der Waals surface area contributed by atoms with Crippen molar-refractivity contribution in [2.75, 3.05) is 33.4 Å². The van der Waals surface area contributed by atoms with E-state index in [0.717, 1.165) is 25.8 Å². The fraction of sp³-hybridized carbons (Fsp3) is 0.611. The average molecular weight is 318 g/mol. The van der Waals surface area contributed by atoms with Gasteiger partial charge in [-0.3, -0.25) is 4.79 Å². The van der Waals surface area contributed by atoms with Crippen LogP contribution in [-0.2, 0) is 22.5 Å². The first-order valence-corrected chi connectivity index (χ1v) is 8.37. The highest BCUT2D eigenvalue weighted by Crippen LogP contribution is 2.31. The van der Waals surface area contributed by atoms with E-state index >= 15 is 0 Å². The van der Waals surface area contributed by atoms with Gasteiger partial charge in [-0.25, -0.2) is 0 Å². The molecule has 0 aromatic heterocycles. The van der Waals surface area contributed by atoms with E-state index in [-0.39, 0.29) is 24.0 Å². The summed E-state index contributed by atoms with van der Waals surface area (Å²) in [6, 6.07) is 8.09. The summed E-state index contributed by atoms with van der Waals surface area (Å²) in [6.07, 6.45) is 2.35. The number of benzene rings is 1. The molecule has 2 heterocycles. The number of nitrogens with one attached hydrogen (secondary N) is 1. The number of nitrogens with zero attached hydrogens (tertiary/aromatic N) is 1. The summed E-state index contributed by atoms with van der Waals surface area (Å²) in [5.74, 6) is 0.110. The Labute approximate surface area is 137 Å². The Balaban J connectivity index is 1.64. The molecule has 3 rings (SSSR count). The summed E-state index contributed by atoms with van der Waals surface area (Å²) in [5, 5.41) is 13.1. The number of rotatable bonds is 4. The van der Waals surface area contributed by atoms with E-state index in [4.69, 9.17) is 4.74 Å². The molecule has 2 N–H and O–H groups in total. The number of carbonyl (C=O) groups excluding carboxylic acids is 1. The SMILES string of the molecule is CN(CC1(CO)CCOCC1)C(=O)[C@H]1Cc2ccccc2CN1. The highest BCUT2D eigenvalue weighted by atomic mass is 16.5. The predicted molar refractivity (Wildman–Crippen MR) is 88.0 cm³/mol. The van der Waals surface area contributed by atoms with Gasteiger partial charge in [0.1, 0.15) is 0 Å². The third-order valence-corrected chi connectivity index (χ3v) is 5.22. The first kappa shape index (κ1) is 16.4. The molecule has 1 aromatic carbocycles. The topological polar surface area (TPSA) is 61.8 Å². The van der Waals surface area contributed by atoms with E-state index in [2.05, 4.69) is 17.4 Å². The number of ether oxygens (including phenoxy) is 1. The van der Waals surface area contributed by atoms with E-state index in [1.54, 1.807) is 4.90 Å². The smallest absolute Gasteiger partial charge is 0.239 e. The molecule has 2 aliphatic heterocycles. The lowest BCUT2D eigenvalue weighted by Crippen LogP contribution is -2.52. The third kappa shape index (κ3) is 3.57. The van der Waals surface area contributed by atoms with Crippen molar-refractivity contribution < 1.29 is 14.6 Å². The minimum absolute atomic E-state index is 0.106. The van der Waals surface area contributed by atoms with Gasteiger partial charge in [-0.1, -0.05) is 24.3 Å². The van der Waals surface area contributed by atoms with E-state index in [1.165, 1.54) is 11.1 Å². The zero-order valence-electron chi connectivity index (χ0n) is 13.8. The highest BCUT2D eigenvalue weighted by Gasteiger charge is 2.36. The van der Waals surface area contributed by atoms with Gasteiger partial charge in [-0.2, -0.15) is 0 Å². The molecule has 1 saturated heterocycles. The van der Waals surface area contributed by atoms with Gasteiger partial charge in [0.2, 0.25) is 5.91 Å². The van der Waals surface area contributed by atoms with Crippen molar-refractivity contribution >= 4 is 5.91 Å². The molecule has 1 atom stereocenters. The van der Waals surface area contributed by atoms with Gasteiger partial charge in [0.25, 0.3) is 0 Å². The van der Waals surface area contributed by atoms with Gasteiger partial charge in [-0.15, -0.1) is 0 Å². The lowest BCUT2D eigenvalue weighted by atomic mass is 9.80. The maximum absolute atomic E-state index is 12.8. The van der Waals surface area contributed by atoms with Gasteiger partial charge in [0.05, 0.1) is 12.6 Å². The second-order valence-corrected chi connectivity index (χ2v) is 6.87. The van der Waals surface area contributed by atoms with Crippen LogP contribution in [0.3, 0.4) is 0 Å². The van der Waals surface area contributed by atoms with E-state index in [1.807, 2.05) is 19.2 Å². The Morgan fingerprint density at radius 1 is 1.35 bits per heavy atom. The van der Waals surface area contributed by atoms with Crippen LogP contribution in [0.1, 0.15) is 24.0 Å². The number of hydrogen-bond acceptors (Lipinski definition) is 4. The molecule has 23 heavy (non-hydrogen) atoms. The summed E-state index contributed by atoms with van der Waals surface area (Å²) in [7, 11) is 1.84. The zero-order valence-corrected chi connectivity index (χ0v) is 13.8. The number of aliphatic hydroxyl groups excluding tert-OH is 1. The summed E-state index contributed by atoms with van der Waals surface area (Å²) in [5.41, 5.74) is 2.31. The number of amides is 1. The molecule has 1 amide bonds. The number of likely N-dealkylation sites (N-methyl/N-ethyl adjacent to an activating group) is 1. The van der Waals surface area contributed by atoms with Gasteiger partial charge >= 0.3 is 0 Å². The molecule has 0 radical (unpaired) electrons. The molecule has 0 saturated carbocycles. The average Bonchev–Trinajstić information content (AvgIpc) is 2.61. The van der Waals surface area contributed by atoms with Crippen molar-refractivity contribution in [3.8, 4) is 0 Å². The first-order chi connectivity index (χ1) is 11.1. The predicted octanol–water partition coefficient (Wildman–Crippen LogP) is 0.948. The lowest BCUT2D eigenvalue weighted by Gasteiger charge is -2.39. The first-order valence-electron chi connectivity index (χ1n) is 8.37. The third-order valence-electron chi connectivity index (χ3n) is 5.22. The molecule has 126 valence electrons. The van der Waals surface area contributed by atoms with Crippen LogP contribution in [0.25, 0.3) is 0 Å². The van der Waals surface area contributed by atoms with Crippen LogP contribution in [0.2, 0.25) is 0 Å². The van der Waals surface area contributed by atoms with E-state index < -0.39 is 0 Å². The molecular formula is C18H26N2O3. The van der Waals surface area contributed by atoms with Crippen LogP contribution >= 0.6 is 0 Å². The Bertz CT molecular complexity index is 555. The van der Waals surface area contributed by atoms with Gasteiger partial charge in [-0.05, 0) is 30.4 Å². The fourth-order valence-corrected chi connectivity index (χ4v) is 3.65. The minimum Gasteiger partial charge on any atom is -0.396 e. The fourth-order valence-electron chi connectivity index (χ4n) is 3.65. The molecule has 1 fully saturated rings. The quantitative estimate of drug-likeness (QED) is 0.868. The molecular weight excluding hydrogens is 292 g/mol. The number of fused-ring (bicyclic) bond motifs is 1. The normalized spacial score (nSPS) is 23.1. The van der Waals surface area contributed by atoms with Crippen LogP contribution in [0.15, 0.2) is 24.3 Å². The van der Waals surface area contributed by atoms with Crippen molar-refractivity contribution in [3.05, 3.63) is 35.4 Å². The number of aliphatic hydroxyl groups is 1. The highest BCUT2D eigenvalue weighted by molar-refractivity contribution is 5.82. The Hall–Kier alpha value is -1.43. The maximum Gasteiger partial charge on any atom is 0.239 e. The second-order valence-electron chi connectivity index (χ2n) is 6.87. The van der Waals surface area contributed by atoms with Crippen molar-refractivity contribution in [2.45, 2.75) is 31.8 Å². The number of carbonyl (C=O) groups is 1. The molecule has 2 aliphatic rings. The standard InChI is InChI=1S/C18H26N2O3/c1-20(12-18(13-21)6-8-23-9-7-18)17(22)16-10-14-4-2-3-5-15(14)11-19-16/h2-5,16,19,21H,6-13H2,1H3/t16-/m1/s1. The van der Waals surface area contributed by atoms with Gasteiger partial charge in [0, 0.05) is 38.8 Å². The van der Waals surface area contributed by atoms with Crippen LogP contribution in [0, 0.1) is 5.41 Å². The van der Waals surface area contributed by atoms with Gasteiger partial charge in [0.15, 0.2) is 0 Å². The van der Waals surface area contributed by atoms with Gasteiger partial charge < -0.3 is 20.1 Å². The van der Waals surface area contributed by atoms with Crippen LogP contribution in [0.5, 0.6) is 0 Å². The number of hydrogen-bond donors (Lipinski definition) is 2. The van der Waals surface area contributed by atoms with Crippen molar-refractivity contribution in [1.29, 1.82) is 0 Å². The maximum atomic E-state index is 12.8. The molecule has 1 aromatic rings. The molecule has 5 heteroatoms. The monoisotopic (exact) mass is 318 g/mol. The minimum atomic E-state index is -0.213. The second kappa shape index (κ2) is 6.99. The van der Waals surface area contributed by atoms with E-state index in [9.17, 15) is 9.90 Å². The summed E-state index contributed by atoms with van der Waals surface area (Å²) in [6.45, 7) is 2.76. The van der Waals surface area contributed by atoms with E-state index in [0.29, 0.717) is 19.8 Å². The Morgan fingerprint density at radius 3 is 2.74 bits per heavy atom. The van der Waals surface area contributed by atoms with Crippen molar-refractivity contribution in [1.82, 2.24) is 10.2 Å². The zero-order chi connectivity index (χ0) is 16.3. The summed E-state index contributed by atoms with van der Waals surface area (Å²) >= 11 is 0. The van der Waals surface area contributed by atoms with Crippen molar-refractivity contribution in [2.24, 2.45) is 5.41 Å². The molecule has 5 nitrogen and oxygen atoms in total. The largest absolute Gasteiger partial charge is 0.396 e. The molecule has 0 bridgehead atoms. The Kier molecular flexibility index (Phi) is 4.99. The molecule has 0 spiro atoms. The van der Waals surface area contributed by atoms with Crippen molar-refractivity contribution in [3.63, 3.8) is 0 Å². The van der Waals surface area contributed by atoms with Crippen LogP contribution in [-0.4, -0.2) is 55.4 Å². The van der Waals surface area contributed by atoms with Crippen LogP contribution in [0.4, 0.5) is 0 Å². The summed E-state index contributed by atoms with van der Waals surface area (Å²) < 4.78 is 5.40. The molecule has 0 unspecified atom stereocenters. The lowest BCUT2D eigenvalue weighted by molar-refractivity contribution is -0.135. The Morgan fingerprint density at radius 2 is 2.04 bits per heavy atom. The summed E-state index contributed by atoms with van der Waals surface area (Å²) in [4.78, 5) is 14.6. The molecule has 0 aliphatic carbocycles.